The molecule has 0 spiro atoms. The summed E-state index contributed by atoms with van der Waals surface area (Å²) in [6.45, 7) is 4.37. The molecular formula is C21H22N2O6. The summed E-state index contributed by atoms with van der Waals surface area (Å²) in [5.41, 5.74) is 1.76. The Labute approximate surface area is 168 Å². The molecule has 0 amide bonds. The first kappa shape index (κ1) is 19.0. The number of esters is 1. The van der Waals surface area contributed by atoms with E-state index in [0.717, 1.165) is 13.1 Å². The molecule has 1 aliphatic carbocycles. The number of ketones is 2. The molecule has 3 aliphatic rings. The molecule has 0 unspecified atom stereocenters. The third kappa shape index (κ3) is 3.46. The predicted molar refractivity (Wildman–Crippen MR) is 103 cm³/mol. The minimum absolute atomic E-state index is 0.166. The Morgan fingerprint density at radius 1 is 0.931 bits per heavy atom. The summed E-state index contributed by atoms with van der Waals surface area (Å²) in [5, 5.41) is 0. The molecule has 0 saturated carbocycles. The van der Waals surface area contributed by atoms with E-state index in [0.29, 0.717) is 41.6 Å². The van der Waals surface area contributed by atoms with Crippen molar-refractivity contribution in [2.45, 2.75) is 6.92 Å². The van der Waals surface area contributed by atoms with Crippen LogP contribution in [0.15, 0.2) is 40.7 Å². The normalized spacial score (nSPS) is 18.3. The number of benzene rings is 1. The lowest BCUT2D eigenvalue weighted by Gasteiger charge is -2.23. The summed E-state index contributed by atoms with van der Waals surface area (Å²) in [6, 6.07) is 4.68. The van der Waals surface area contributed by atoms with Crippen LogP contribution in [0, 0.1) is 0 Å². The van der Waals surface area contributed by atoms with Crippen LogP contribution in [0.5, 0.6) is 11.5 Å². The molecule has 2 heterocycles. The molecule has 2 aliphatic heterocycles. The van der Waals surface area contributed by atoms with Crippen molar-refractivity contribution < 1.29 is 28.6 Å². The average molecular weight is 398 g/mol. The van der Waals surface area contributed by atoms with Crippen LogP contribution in [0.4, 0.5) is 0 Å². The highest BCUT2D eigenvalue weighted by molar-refractivity contribution is 6.25. The van der Waals surface area contributed by atoms with Gasteiger partial charge in [0.05, 0.1) is 36.8 Å². The minimum atomic E-state index is -0.608. The Morgan fingerprint density at radius 2 is 1.55 bits per heavy atom. The van der Waals surface area contributed by atoms with Crippen LogP contribution < -0.4 is 9.47 Å². The van der Waals surface area contributed by atoms with Crippen LogP contribution in [0.3, 0.4) is 0 Å². The molecule has 0 bridgehead atoms. The van der Waals surface area contributed by atoms with Gasteiger partial charge in [-0.05, 0) is 25.1 Å². The Hall–Kier alpha value is -3.29. The molecule has 1 aromatic rings. The number of ether oxygens (including phenoxy) is 3. The Kier molecular flexibility index (Phi) is 4.77. The zero-order valence-corrected chi connectivity index (χ0v) is 16.6. The van der Waals surface area contributed by atoms with E-state index in [-0.39, 0.29) is 29.3 Å². The quantitative estimate of drug-likeness (QED) is 0.385. The third-order valence-electron chi connectivity index (χ3n) is 5.18. The van der Waals surface area contributed by atoms with Crippen molar-refractivity contribution in [3.63, 3.8) is 0 Å². The SMILES string of the molecule is COc1ccc(C(=O)OCC2=C(N3CC3)C(=O)C(C)=C(N3CC3)C2=O)cc1OC. The number of hydrogen-bond donors (Lipinski definition) is 0. The van der Waals surface area contributed by atoms with E-state index < -0.39 is 5.97 Å². The lowest BCUT2D eigenvalue weighted by molar-refractivity contribution is -0.118. The van der Waals surface area contributed by atoms with Crippen molar-refractivity contribution in [3.05, 3.63) is 46.3 Å². The standard InChI is InChI=1S/C21H22N2O6/c1-12-17(22-6-7-22)20(25)14(18(19(12)24)23-8-9-23)11-29-21(26)13-4-5-15(27-2)16(10-13)28-3/h4-5,10H,6-9,11H2,1-3H3. The molecule has 2 saturated heterocycles. The molecule has 8 heteroatoms. The van der Waals surface area contributed by atoms with Gasteiger partial charge in [-0.3, -0.25) is 9.59 Å². The minimum Gasteiger partial charge on any atom is -0.493 e. The number of hydrogen-bond acceptors (Lipinski definition) is 8. The fourth-order valence-corrected chi connectivity index (χ4v) is 3.42. The maximum absolute atomic E-state index is 13.1. The van der Waals surface area contributed by atoms with Gasteiger partial charge < -0.3 is 24.0 Å². The second kappa shape index (κ2) is 7.27. The molecule has 29 heavy (non-hydrogen) atoms. The first-order chi connectivity index (χ1) is 14.0. The van der Waals surface area contributed by atoms with Gasteiger partial charge in [0.2, 0.25) is 11.6 Å². The number of methoxy groups -OCH3 is 2. The predicted octanol–water partition coefficient (Wildman–Crippen LogP) is 1.17. The Morgan fingerprint density at radius 3 is 2.14 bits per heavy atom. The first-order valence-electron chi connectivity index (χ1n) is 9.38. The summed E-state index contributed by atoms with van der Waals surface area (Å²) in [7, 11) is 2.98. The van der Waals surface area contributed by atoms with Gasteiger partial charge in [-0.2, -0.15) is 0 Å². The zero-order chi connectivity index (χ0) is 20.7. The third-order valence-corrected chi connectivity index (χ3v) is 5.18. The molecule has 4 rings (SSSR count). The van der Waals surface area contributed by atoms with Gasteiger partial charge in [-0.15, -0.1) is 0 Å². The van der Waals surface area contributed by atoms with E-state index in [1.807, 2.05) is 9.80 Å². The number of Topliss-reactive ketones (excluding diaryl/α,β-unsaturated/α-hetero) is 2. The molecule has 0 atom stereocenters. The van der Waals surface area contributed by atoms with E-state index in [4.69, 9.17) is 14.2 Å². The summed E-state index contributed by atoms with van der Waals surface area (Å²) >= 11 is 0. The summed E-state index contributed by atoms with van der Waals surface area (Å²) in [5.74, 6) is -0.115. The molecule has 2 fully saturated rings. The van der Waals surface area contributed by atoms with Gasteiger partial charge in [0, 0.05) is 31.8 Å². The van der Waals surface area contributed by atoms with Gasteiger partial charge in [0.15, 0.2) is 11.5 Å². The van der Waals surface area contributed by atoms with E-state index in [2.05, 4.69) is 0 Å². The first-order valence-corrected chi connectivity index (χ1v) is 9.38. The highest BCUT2D eigenvalue weighted by atomic mass is 16.5. The number of nitrogens with zero attached hydrogens (tertiary/aromatic N) is 2. The van der Waals surface area contributed by atoms with Crippen molar-refractivity contribution >= 4 is 17.5 Å². The molecular weight excluding hydrogens is 376 g/mol. The second-order valence-corrected chi connectivity index (χ2v) is 7.08. The lowest BCUT2D eigenvalue weighted by Crippen LogP contribution is -2.31. The molecule has 1 aromatic carbocycles. The Bertz CT molecular complexity index is 969. The molecule has 0 aromatic heterocycles. The van der Waals surface area contributed by atoms with Crippen LogP contribution in [0.1, 0.15) is 17.3 Å². The van der Waals surface area contributed by atoms with Crippen LogP contribution in [0.25, 0.3) is 0 Å². The lowest BCUT2D eigenvalue weighted by atomic mass is 9.91. The largest absolute Gasteiger partial charge is 0.493 e. The number of carbonyl (C=O) groups excluding carboxylic acids is 3. The number of carbonyl (C=O) groups is 3. The highest BCUT2D eigenvalue weighted by Gasteiger charge is 2.42. The molecule has 0 radical (unpaired) electrons. The highest BCUT2D eigenvalue weighted by Crippen LogP contribution is 2.34. The van der Waals surface area contributed by atoms with Crippen LogP contribution in [-0.4, -0.2) is 74.3 Å². The number of allylic oxidation sites excluding steroid dienone is 2. The fourth-order valence-electron chi connectivity index (χ4n) is 3.42. The van der Waals surface area contributed by atoms with E-state index in [1.165, 1.54) is 20.3 Å². The van der Waals surface area contributed by atoms with Crippen LogP contribution in [-0.2, 0) is 14.3 Å². The van der Waals surface area contributed by atoms with Gasteiger partial charge in [0.25, 0.3) is 0 Å². The average Bonchev–Trinajstić information content (AvgIpc) is 3.62. The second-order valence-electron chi connectivity index (χ2n) is 7.08. The Balaban J connectivity index is 1.57. The van der Waals surface area contributed by atoms with Crippen molar-refractivity contribution in [1.29, 1.82) is 0 Å². The van der Waals surface area contributed by atoms with E-state index in [1.54, 1.807) is 19.1 Å². The van der Waals surface area contributed by atoms with Crippen molar-refractivity contribution in [2.24, 2.45) is 0 Å². The summed E-state index contributed by atoms with van der Waals surface area (Å²) in [6.07, 6.45) is 0. The van der Waals surface area contributed by atoms with Gasteiger partial charge in [-0.25, -0.2) is 4.79 Å². The van der Waals surface area contributed by atoms with Gasteiger partial charge >= 0.3 is 5.97 Å². The van der Waals surface area contributed by atoms with Gasteiger partial charge in [0.1, 0.15) is 6.61 Å². The summed E-state index contributed by atoms with van der Waals surface area (Å²) in [4.78, 5) is 42.2. The van der Waals surface area contributed by atoms with Gasteiger partial charge in [-0.1, -0.05) is 0 Å². The maximum Gasteiger partial charge on any atom is 0.338 e. The van der Waals surface area contributed by atoms with E-state index >= 15 is 0 Å². The zero-order valence-electron chi connectivity index (χ0n) is 16.6. The van der Waals surface area contributed by atoms with E-state index in [9.17, 15) is 14.4 Å². The fraction of sp³-hybridized carbons (Fsp3) is 0.381. The number of rotatable bonds is 7. The van der Waals surface area contributed by atoms with Crippen molar-refractivity contribution in [1.82, 2.24) is 9.80 Å². The van der Waals surface area contributed by atoms with Crippen molar-refractivity contribution in [3.8, 4) is 11.5 Å². The van der Waals surface area contributed by atoms with Crippen LogP contribution >= 0.6 is 0 Å². The monoisotopic (exact) mass is 398 g/mol. The maximum atomic E-state index is 13.1. The topological polar surface area (TPSA) is 84.9 Å². The summed E-state index contributed by atoms with van der Waals surface area (Å²) < 4.78 is 15.8. The molecule has 152 valence electrons. The molecule has 8 nitrogen and oxygen atoms in total. The van der Waals surface area contributed by atoms with Crippen LogP contribution in [0.2, 0.25) is 0 Å². The van der Waals surface area contributed by atoms with Crippen molar-refractivity contribution in [2.75, 3.05) is 47.0 Å². The smallest absolute Gasteiger partial charge is 0.338 e. The molecule has 0 N–H and O–H groups in total.